The van der Waals surface area contributed by atoms with E-state index in [1.807, 2.05) is 24.3 Å². The minimum atomic E-state index is -3.67. The van der Waals surface area contributed by atoms with Gasteiger partial charge in [-0.1, -0.05) is 6.07 Å². The van der Waals surface area contributed by atoms with Crippen LogP contribution in [0, 0.1) is 0 Å². The molecule has 0 spiro atoms. The standard InChI is InChI=1S/C20H25N3O5S/c1-15(24)21-19-8-7-18(14-20(19)28-3)29(25,26)23-11-9-22(10-12-23)16-5-4-6-17(13-16)27-2/h4-8,13-14H,9-12H2,1-3H3,(H,21,24). The van der Waals surface area contributed by atoms with E-state index in [0.717, 1.165) is 11.4 Å². The maximum absolute atomic E-state index is 13.1. The summed E-state index contributed by atoms with van der Waals surface area (Å²) in [5.74, 6) is 0.813. The number of hydrogen-bond acceptors (Lipinski definition) is 6. The van der Waals surface area contributed by atoms with Gasteiger partial charge in [-0.05, 0) is 24.3 Å². The van der Waals surface area contributed by atoms with Gasteiger partial charge < -0.3 is 19.7 Å². The van der Waals surface area contributed by atoms with Crippen molar-refractivity contribution in [2.45, 2.75) is 11.8 Å². The molecule has 2 aromatic carbocycles. The largest absolute Gasteiger partial charge is 0.497 e. The van der Waals surface area contributed by atoms with Gasteiger partial charge in [0.15, 0.2) is 0 Å². The average Bonchev–Trinajstić information content (AvgIpc) is 2.73. The van der Waals surface area contributed by atoms with E-state index in [0.29, 0.717) is 37.6 Å². The van der Waals surface area contributed by atoms with Crippen molar-refractivity contribution in [1.29, 1.82) is 0 Å². The van der Waals surface area contributed by atoms with Crippen LogP contribution in [-0.4, -0.2) is 59.0 Å². The number of piperazine rings is 1. The smallest absolute Gasteiger partial charge is 0.243 e. The van der Waals surface area contributed by atoms with Gasteiger partial charge in [0.1, 0.15) is 11.5 Å². The van der Waals surface area contributed by atoms with Crippen LogP contribution in [0.5, 0.6) is 11.5 Å². The molecule has 1 saturated heterocycles. The Bertz CT molecular complexity index is 985. The zero-order chi connectivity index (χ0) is 21.0. The molecule has 3 rings (SSSR count). The van der Waals surface area contributed by atoms with E-state index in [1.54, 1.807) is 13.2 Å². The van der Waals surface area contributed by atoms with Gasteiger partial charge in [-0.15, -0.1) is 0 Å². The lowest BCUT2D eigenvalue weighted by Gasteiger charge is -2.35. The Morgan fingerprint density at radius 1 is 1.00 bits per heavy atom. The SMILES string of the molecule is COc1cccc(N2CCN(S(=O)(=O)c3ccc(NC(C)=O)c(OC)c3)CC2)c1. The van der Waals surface area contributed by atoms with Gasteiger partial charge in [0.25, 0.3) is 0 Å². The van der Waals surface area contributed by atoms with Crippen molar-refractivity contribution in [1.82, 2.24) is 4.31 Å². The monoisotopic (exact) mass is 419 g/mol. The highest BCUT2D eigenvalue weighted by molar-refractivity contribution is 7.89. The normalized spacial score (nSPS) is 15.1. The lowest BCUT2D eigenvalue weighted by Crippen LogP contribution is -2.48. The zero-order valence-corrected chi connectivity index (χ0v) is 17.5. The number of carbonyl (C=O) groups excluding carboxylic acids is 1. The van der Waals surface area contributed by atoms with Crippen molar-refractivity contribution >= 4 is 27.3 Å². The zero-order valence-electron chi connectivity index (χ0n) is 16.7. The lowest BCUT2D eigenvalue weighted by molar-refractivity contribution is -0.114. The molecular weight excluding hydrogens is 394 g/mol. The van der Waals surface area contributed by atoms with Crippen molar-refractivity contribution in [3.63, 3.8) is 0 Å². The Morgan fingerprint density at radius 2 is 1.72 bits per heavy atom. The Morgan fingerprint density at radius 3 is 2.34 bits per heavy atom. The van der Waals surface area contributed by atoms with Crippen molar-refractivity contribution in [2.24, 2.45) is 0 Å². The second-order valence-electron chi connectivity index (χ2n) is 6.64. The molecule has 0 aliphatic carbocycles. The molecular formula is C20H25N3O5S. The first-order valence-corrected chi connectivity index (χ1v) is 10.6. The topological polar surface area (TPSA) is 88.2 Å². The molecule has 156 valence electrons. The summed E-state index contributed by atoms with van der Waals surface area (Å²) in [6.45, 7) is 3.28. The average molecular weight is 420 g/mol. The third kappa shape index (κ3) is 4.63. The summed E-state index contributed by atoms with van der Waals surface area (Å²) in [6, 6.07) is 12.2. The number of methoxy groups -OCH3 is 2. The Kier molecular flexibility index (Phi) is 6.29. The molecule has 0 unspecified atom stereocenters. The summed E-state index contributed by atoms with van der Waals surface area (Å²) in [7, 11) is -0.614. The molecule has 1 aliphatic rings. The molecule has 0 radical (unpaired) electrons. The van der Waals surface area contributed by atoms with E-state index >= 15 is 0 Å². The molecule has 1 aliphatic heterocycles. The van der Waals surface area contributed by atoms with Gasteiger partial charge in [-0.3, -0.25) is 4.79 Å². The number of sulfonamides is 1. The molecule has 1 heterocycles. The van der Waals surface area contributed by atoms with Crippen molar-refractivity contribution < 1.29 is 22.7 Å². The maximum Gasteiger partial charge on any atom is 0.243 e. The third-order valence-electron chi connectivity index (χ3n) is 4.78. The number of hydrogen-bond donors (Lipinski definition) is 1. The van der Waals surface area contributed by atoms with E-state index in [4.69, 9.17) is 9.47 Å². The van der Waals surface area contributed by atoms with E-state index in [9.17, 15) is 13.2 Å². The Balaban J connectivity index is 1.75. The van der Waals surface area contributed by atoms with E-state index in [2.05, 4.69) is 10.2 Å². The maximum atomic E-state index is 13.1. The highest BCUT2D eigenvalue weighted by atomic mass is 32.2. The number of rotatable bonds is 6. The van der Waals surface area contributed by atoms with Crippen LogP contribution in [0.3, 0.4) is 0 Å². The van der Waals surface area contributed by atoms with Crippen LogP contribution >= 0.6 is 0 Å². The molecule has 1 fully saturated rings. The fourth-order valence-corrected chi connectivity index (χ4v) is 4.71. The van der Waals surface area contributed by atoms with E-state index < -0.39 is 10.0 Å². The third-order valence-corrected chi connectivity index (χ3v) is 6.67. The fourth-order valence-electron chi connectivity index (χ4n) is 3.27. The Labute approximate surface area is 171 Å². The van der Waals surface area contributed by atoms with E-state index in [-0.39, 0.29) is 10.8 Å². The molecule has 9 heteroatoms. The van der Waals surface area contributed by atoms with Gasteiger partial charge >= 0.3 is 0 Å². The molecule has 29 heavy (non-hydrogen) atoms. The van der Waals surface area contributed by atoms with Crippen LogP contribution in [0.2, 0.25) is 0 Å². The van der Waals surface area contributed by atoms with Crippen LogP contribution in [0.1, 0.15) is 6.92 Å². The van der Waals surface area contributed by atoms with Crippen LogP contribution in [0.4, 0.5) is 11.4 Å². The molecule has 0 saturated carbocycles. The van der Waals surface area contributed by atoms with Gasteiger partial charge in [0.05, 0.1) is 24.8 Å². The first-order valence-electron chi connectivity index (χ1n) is 9.20. The van der Waals surface area contributed by atoms with Crippen molar-refractivity contribution in [2.75, 3.05) is 50.6 Å². The predicted molar refractivity (Wildman–Crippen MR) is 111 cm³/mol. The highest BCUT2D eigenvalue weighted by Crippen LogP contribution is 2.30. The summed E-state index contributed by atoms with van der Waals surface area (Å²) in [6.07, 6.45) is 0. The fraction of sp³-hybridized carbons (Fsp3) is 0.350. The molecule has 1 amide bonds. The number of anilines is 2. The van der Waals surface area contributed by atoms with Gasteiger partial charge in [-0.2, -0.15) is 4.31 Å². The number of nitrogens with zero attached hydrogens (tertiary/aromatic N) is 2. The molecule has 0 atom stereocenters. The molecule has 0 bridgehead atoms. The van der Waals surface area contributed by atoms with Gasteiger partial charge in [0.2, 0.25) is 15.9 Å². The summed E-state index contributed by atoms with van der Waals surface area (Å²) in [5, 5.41) is 2.63. The summed E-state index contributed by atoms with van der Waals surface area (Å²) >= 11 is 0. The quantitative estimate of drug-likeness (QED) is 0.772. The van der Waals surface area contributed by atoms with Crippen molar-refractivity contribution in [3.05, 3.63) is 42.5 Å². The molecule has 0 aromatic heterocycles. The minimum absolute atomic E-state index is 0.137. The highest BCUT2D eigenvalue weighted by Gasteiger charge is 2.29. The molecule has 1 N–H and O–H groups in total. The number of amides is 1. The minimum Gasteiger partial charge on any atom is -0.497 e. The van der Waals surface area contributed by atoms with Crippen LogP contribution in [-0.2, 0) is 14.8 Å². The summed E-state index contributed by atoms with van der Waals surface area (Å²) in [4.78, 5) is 13.6. The lowest BCUT2D eigenvalue weighted by atomic mass is 10.2. The first-order chi connectivity index (χ1) is 13.8. The Hall–Kier alpha value is -2.78. The van der Waals surface area contributed by atoms with Gasteiger partial charge in [-0.25, -0.2) is 8.42 Å². The van der Waals surface area contributed by atoms with Gasteiger partial charge in [0, 0.05) is 50.9 Å². The van der Waals surface area contributed by atoms with E-state index in [1.165, 1.54) is 30.5 Å². The van der Waals surface area contributed by atoms with Crippen LogP contribution < -0.4 is 19.7 Å². The number of benzene rings is 2. The van der Waals surface area contributed by atoms with Crippen LogP contribution in [0.15, 0.2) is 47.4 Å². The molecule has 8 nitrogen and oxygen atoms in total. The number of nitrogens with one attached hydrogen (secondary N) is 1. The first kappa shape index (κ1) is 20.9. The summed E-state index contributed by atoms with van der Waals surface area (Å²) < 4.78 is 38.1. The second-order valence-corrected chi connectivity index (χ2v) is 8.57. The predicted octanol–water partition coefficient (Wildman–Crippen LogP) is 2.17. The van der Waals surface area contributed by atoms with Crippen molar-refractivity contribution in [3.8, 4) is 11.5 Å². The second kappa shape index (κ2) is 8.71. The number of carbonyl (C=O) groups is 1. The van der Waals surface area contributed by atoms with Crippen LogP contribution in [0.25, 0.3) is 0 Å². The number of ether oxygens (including phenoxy) is 2. The summed E-state index contributed by atoms with van der Waals surface area (Å²) in [5.41, 5.74) is 1.43. The molecule has 2 aromatic rings.